The number of methoxy groups -OCH3 is 1. The Morgan fingerprint density at radius 1 is 1.35 bits per heavy atom. The van der Waals surface area contributed by atoms with Crippen molar-refractivity contribution in [1.29, 1.82) is 0 Å². The lowest BCUT2D eigenvalue weighted by molar-refractivity contribution is 0.0950. The fourth-order valence-corrected chi connectivity index (χ4v) is 2.13. The van der Waals surface area contributed by atoms with E-state index in [0.717, 1.165) is 22.4 Å². The molecule has 0 saturated carbocycles. The molecule has 1 heterocycles. The molecular formula is C16H18N2O2. The van der Waals surface area contributed by atoms with E-state index in [4.69, 9.17) is 4.74 Å². The van der Waals surface area contributed by atoms with E-state index in [-0.39, 0.29) is 5.91 Å². The van der Waals surface area contributed by atoms with E-state index in [0.29, 0.717) is 12.1 Å². The van der Waals surface area contributed by atoms with Crippen LogP contribution in [-0.4, -0.2) is 18.0 Å². The summed E-state index contributed by atoms with van der Waals surface area (Å²) in [6, 6.07) is 7.53. The number of benzene rings is 1. The molecule has 0 fully saturated rings. The molecule has 0 aliphatic carbocycles. The van der Waals surface area contributed by atoms with E-state index < -0.39 is 0 Å². The van der Waals surface area contributed by atoms with Gasteiger partial charge in [-0.1, -0.05) is 6.07 Å². The van der Waals surface area contributed by atoms with Crippen molar-refractivity contribution in [3.63, 3.8) is 0 Å². The average molecular weight is 270 g/mol. The summed E-state index contributed by atoms with van der Waals surface area (Å²) in [6.45, 7) is 4.47. The monoisotopic (exact) mass is 270 g/mol. The largest absolute Gasteiger partial charge is 0.496 e. The molecular weight excluding hydrogens is 252 g/mol. The molecule has 0 atom stereocenters. The van der Waals surface area contributed by atoms with Gasteiger partial charge in [-0.2, -0.15) is 0 Å². The lowest BCUT2D eigenvalue weighted by Crippen LogP contribution is -2.23. The number of nitrogens with zero attached hydrogens (tertiary/aromatic N) is 1. The number of amides is 1. The van der Waals surface area contributed by atoms with Crippen LogP contribution in [0.3, 0.4) is 0 Å². The van der Waals surface area contributed by atoms with Crippen molar-refractivity contribution in [2.24, 2.45) is 0 Å². The van der Waals surface area contributed by atoms with Crippen LogP contribution in [0.5, 0.6) is 5.75 Å². The second-order valence-corrected chi connectivity index (χ2v) is 4.69. The van der Waals surface area contributed by atoms with Gasteiger partial charge in [0.15, 0.2) is 0 Å². The predicted molar refractivity (Wildman–Crippen MR) is 77.9 cm³/mol. The SMILES string of the molecule is COc1cc(C)cc(C)c1CNC(=O)c1cccnc1. The van der Waals surface area contributed by atoms with Crippen LogP contribution in [-0.2, 0) is 6.54 Å². The van der Waals surface area contributed by atoms with Crippen LogP contribution in [0.15, 0.2) is 36.7 Å². The maximum atomic E-state index is 12.0. The molecule has 0 aliphatic rings. The minimum Gasteiger partial charge on any atom is -0.496 e. The number of rotatable bonds is 4. The summed E-state index contributed by atoms with van der Waals surface area (Å²) in [4.78, 5) is 15.9. The molecule has 1 amide bonds. The summed E-state index contributed by atoms with van der Waals surface area (Å²) in [7, 11) is 1.64. The molecule has 4 heteroatoms. The van der Waals surface area contributed by atoms with Crippen LogP contribution in [0.25, 0.3) is 0 Å². The molecule has 1 N–H and O–H groups in total. The van der Waals surface area contributed by atoms with E-state index in [2.05, 4.69) is 16.4 Å². The van der Waals surface area contributed by atoms with Crippen molar-refractivity contribution in [1.82, 2.24) is 10.3 Å². The molecule has 0 bridgehead atoms. The second-order valence-electron chi connectivity index (χ2n) is 4.69. The molecule has 0 unspecified atom stereocenters. The average Bonchev–Trinajstić information content (AvgIpc) is 2.46. The first-order valence-electron chi connectivity index (χ1n) is 6.44. The third-order valence-electron chi connectivity index (χ3n) is 3.15. The normalized spacial score (nSPS) is 10.2. The van der Waals surface area contributed by atoms with Gasteiger partial charge < -0.3 is 10.1 Å². The first-order chi connectivity index (χ1) is 9.61. The number of pyridine rings is 1. The van der Waals surface area contributed by atoms with Crippen molar-refractivity contribution in [3.05, 3.63) is 58.9 Å². The summed E-state index contributed by atoms with van der Waals surface area (Å²) in [6.07, 6.45) is 3.19. The highest BCUT2D eigenvalue weighted by Crippen LogP contribution is 2.24. The van der Waals surface area contributed by atoms with E-state index in [1.54, 1.807) is 31.6 Å². The zero-order valence-electron chi connectivity index (χ0n) is 11.9. The van der Waals surface area contributed by atoms with E-state index in [1.807, 2.05) is 19.9 Å². The summed E-state index contributed by atoms with van der Waals surface area (Å²) in [5.74, 6) is 0.661. The van der Waals surface area contributed by atoms with E-state index in [9.17, 15) is 4.79 Å². The predicted octanol–water partition coefficient (Wildman–Crippen LogP) is 2.64. The highest BCUT2D eigenvalue weighted by Gasteiger charge is 2.10. The number of aromatic nitrogens is 1. The van der Waals surface area contributed by atoms with Crippen LogP contribution < -0.4 is 10.1 Å². The molecule has 2 aromatic rings. The maximum Gasteiger partial charge on any atom is 0.253 e. The maximum absolute atomic E-state index is 12.0. The molecule has 2 rings (SSSR count). The molecule has 104 valence electrons. The van der Waals surface area contributed by atoms with Gasteiger partial charge in [-0.3, -0.25) is 9.78 Å². The Morgan fingerprint density at radius 3 is 2.80 bits per heavy atom. The fraction of sp³-hybridized carbons (Fsp3) is 0.250. The Balaban J connectivity index is 2.13. The molecule has 20 heavy (non-hydrogen) atoms. The van der Waals surface area contributed by atoms with Gasteiger partial charge in [-0.05, 0) is 43.2 Å². The number of aryl methyl sites for hydroxylation is 2. The lowest BCUT2D eigenvalue weighted by Gasteiger charge is -2.13. The fourth-order valence-electron chi connectivity index (χ4n) is 2.13. The number of hydrogen-bond donors (Lipinski definition) is 1. The summed E-state index contributed by atoms with van der Waals surface area (Å²) in [5.41, 5.74) is 3.79. The minimum absolute atomic E-state index is 0.139. The van der Waals surface area contributed by atoms with E-state index in [1.165, 1.54) is 0 Å². The van der Waals surface area contributed by atoms with Gasteiger partial charge in [0.2, 0.25) is 0 Å². The summed E-state index contributed by atoms with van der Waals surface area (Å²) in [5, 5.41) is 2.89. The van der Waals surface area contributed by atoms with E-state index >= 15 is 0 Å². The smallest absolute Gasteiger partial charge is 0.253 e. The van der Waals surface area contributed by atoms with Crippen molar-refractivity contribution < 1.29 is 9.53 Å². The van der Waals surface area contributed by atoms with Crippen LogP contribution in [0, 0.1) is 13.8 Å². The van der Waals surface area contributed by atoms with Crippen LogP contribution >= 0.6 is 0 Å². The zero-order chi connectivity index (χ0) is 14.5. The molecule has 0 saturated heterocycles. The Kier molecular flexibility index (Phi) is 4.35. The molecule has 0 radical (unpaired) electrons. The number of nitrogens with one attached hydrogen (secondary N) is 1. The Hall–Kier alpha value is -2.36. The van der Waals surface area contributed by atoms with Crippen molar-refractivity contribution in [2.75, 3.05) is 7.11 Å². The summed E-state index contributed by atoms with van der Waals surface area (Å²) < 4.78 is 5.38. The number of carbonyl (C=O) groups excluding carboxylic acids is 1. The molecule has 1 aromatic heterocycles. The van der Waals surface area contributed by atoms with Crippen molar-refractivity contribution in [2.45, 2.75) is 20.4 Å². The number of carbonyl (C=O) groups is 1. The molecule has 0 spiro atoms. The lowest BCUT2D eigenvalue weighted by atomic mass is 10.0. The van der Waals surface area contributed by atoms with Gasteiger partial charge in [0.05, 0.1) is 12.7 Å². The van der Waals surface area contributed by atoms with Crippen molar-refractivity contribution >= 4 is 5.91 Å². The van der Waals surface area contributed by atoms with Gasteiger partial charge in [-0.15, -0.1) is 0 Å². The van der Waals surface area contributed by atoms with Gasteiger partial charge in [0.1, 0.15) is 5.75 Å². The van der Waals surface area contributed by atoms with Gasteiger partial charge in [0, 0.05) is 24.5 Å². The standard InChI is InChI=1S/C16H18N2O2/c1-11-7-12(2)14(15(8-11)20-3)10-18-16(19)13-5-4-6-17-9-13/h4-9H,10H2,1-3H3,(H,18,19). The highest BCUT2D eigenvalue weighted by molar-refractivity contribution is 5.93. The molecule has 1 aromatic carbocycles. The van der Waals surface area contributed by atoms with Crippen LogP contribution in [0.1, 0.15) is 27.0 Å². The van der Waals surface area contributed by atoms with Crippen LogP contribution in [0.2, 0.25) is 0 Å². The molecule has 4 nitrogen and oxygen atoms in total. The van der Waals surface area contributed by atoms with Crippen molar-refractivity contribution in [3.8, 4) is 5.75 Å². The topological polar surface area (TPSA) is 51.2 Å². The van der Waals surface area contributed by atoms with Crippen LogP contribution in [0.4, 0.5) is 0 Å². The zero-order valence-corrected chi connectivity index (χ0v) is 11.9. The number of hydrogen-bond acceptors (Lipinski definition) is 3. The third kappa shape index (κ3) is 3.15. The summed E-state index contributed by atoms with van der Waals surface area (Å²) >= 11 is 0. The van der Waals surface area contributed by atoms with Gasteiger partial charge >= 0.3 is 0 Å². The van der Waals surface area contributed by atoms with Gasteiger partial charge in [-0.25, -0.2) is 0 Å². The quantitative estimate of drug-likeness (QED) is 0.929. The minimum atomic E-state index is -0.139. The highest BCUT2D eigenvalue weighted by atomic mass is 16.5. The Labute approximate surface area is 118 Å². The second kappa shape index (κ2) is 6.19. The first kappa shape index (κ1) is 14.1. The third-order valence-corrected chi connectivity index (χ3v) is 3.15. The number of ether oxygens (including phenoxy) is 1. The Morgan fingerprint density at radius 2 is 2.15 bits per heavy atom. The Bertz CT molecular complexity index is 609. The van der Waals surface area contributed by atoms with Gasteiger partial charge in [0.25, 0.3) is 5.91 Å². The first-order valence-corrected chi connectivity index (χ1v) is 6.44. The molecule has 0 aliphatic heterocycles.